The van der Waals surface area contributed by atoms with Gasteiger partial charge in [0.2, 0.25) is 5.91 Å². The number of fused-ring (bicyclic) bond motifs is 2. The number of hydrogen-bond acceptors (Lipinski definition) is 3. The van der Waals surface area contributed by atoms with E-state index in [1.54, 1.807) is 0 Å². The minimum atomic E-state index is -1.05. The maximum absolute atomic E-state index is 11.1. The first-order chi connectivity index (χ1) is 9.18. The molecule has 0 saturated heterocycles. The van der Waals surface area contributed by atoms with E-state index in [0.717, 1.165) is 12.8 Å². The van der Waals surface area contributed by atoms with Crippen LogP contribution in [0, 0.1) is 16.7 Å². The average Bonchev–Trinajstić information content (AvgIpc) is 2.66. The molecule has 0 aromatic carbocycles. The highest BCUT2D eigenvalue weighted by Gasteiger charge is 2.61. The summed E-state index contributed by atoms with van der Waals surface area (Å²) in [5, 5.41) is 11.5. The monoisotopic (exact) mass is 283 g/mol. The highest BCUT2D eigenvalue weighted by atomic mass is 16.5. The molecule has 2 aliphatic rings. The van der Waals surface area contributed by atoms with E-state index < -0.39 is 12.0 Å². The summed E-state index contributed by atoms with van der Waals surface area (Å²) in [7, 11) is 0. The molecule has 20 heavy (non-hydrogen) atoms. The van der Waals surface area contributed by atoms with Gasteiger partial charge >= 0.3 is 5.97 Å². The topological polar surface area (TPSA) is 75.6 Å². The van der Waals surface area contributed by atoms with Crippen molar-refractivity contribution in [2.45, 2.75) is 59.1 Å². The highest BCUT2D eigenvalue weighted by molar-refractivity contribution is 5.82. The molecular weight excluding hydrogens is 258 g/mol. The summed E-state index contributed by atoms with van der Waals surface area (Å²) in [6.45, 7) is 8.18. The van der Waals surface area contributed by atoms with Crippen molar-refractivity contribution >= 4 is 11.9 Å². The molecule has 2 fully saturated rings. The quantitative estimate of drug-likeness (QED) is 0.807. The molecule has 2 N–H and O–H groups in total. The van der Waals surface area contributed by atoms with E-state index in [0.29, 0.717) is 5.92 Å². The van der Waals surface area contributed by atoms with Crippen LogP contribution in [0.3, 0.4) is 0 Å². The molecule has 5 nitrogen and oxygen atoms in total. The summed E-state index contributed by atoms with van der Waals surface area (Å²) < 4.78 is 5.90. The molecule has 2 bridgehead atoms. The lowest BCUT2D eigenvalue weighted by molar-refractivity contribution is -0.145. The Morgan fingerprint density at radius 2 is 2.05 bits per heavy atom. The van der Waals surface area contributed by atoms with E-state index in [-0.39, 0.29) is 29.4 Å². The summed E-state index contributed by atoms with van der Waals surface area (Å²) in [6.07, 6.45) is 3.45. The van der Waals surface area contributed by atoms with Gasteiger partial charge in [0.15, 0.2) is 6.04 Å². The summed E-state index contributed by atoms with van der Waals surface area (Å²) >= 11 is 0. The van der Waals surface area contributed by atoms with Crippen molar-refractivity contribution in [2.24, 2.45) is 16.7 Å². The smallest absolute Gasteiger partial charge is 0.328 e. The first-order valence-electron chi connectivity index (χ1n) is 7.30. The SMILES string of the molecule is CC(=O)NC(COC1CC2CCC1(C)C2(C)C)C(=O)O. The Bertz CT molecular complexity index is 420. The second kappa shape index (κ2) is 5.02. The molecule has 0 radical (unpaired) electrons. The summed E-state index contributed by atoms with van der Waals surface area (Å²) in [4.78, 5) is 22.1. The standard InChI is InChI=1S/C15H25NO4/c1-9(17)16-11(13(18)19)8-20-12-7-10-5-6-15(12,4)14(10,2)3/h10-12H,5-8H2,1-4H3,(H,16,17)(H,18,19). The Morgan fingerprint density at radius 3 is 2.45 bits per heavy atom. The fraction of sp³-hybridized carbons (Fsp3) is 0.867. The van der Waals surface area contributed by atoms with Gasteiger partial charge in [-0.3, -0.25) is 4.79 Å². The number of carbonyl (C=O) groups excluding carboxylic acids is 1. The van der Waals surface area contributed by atoms with Crippen LogP contribution in [0.4, 0.5) is 0 Å². The van der Waals surface area contributed by atoms with Crippen molar-refractivity contribution < 1.29 is 19.4 Å². The summed E-state index contributed by atoms with van der Waals surface area (Å²) in [6, 6.07) is -0.960. The number of rotatable bonds is 5. The van der Waals surface area contributed by atoms with Crippen LogP contribution in [-0.4, -0.2) is 35.7 Å². The van der Waals surface area contributed by atoms with Crippen LogP contribution in [0.2, 0.25) is 0 Å². The second-order valence-corrected chi connectivity index (χ2v) is 7.02. The van der Waals surface area contributed by atoms with Gasteiger partial charge in [0, 0.05) is 6.92 Å². The van der Waals surface area contributed by atoms with Gasteiger partial charge in [-0.25, -0.2) is 4.79 Å². The van der Waals surface area contributed by atoms with Crippen molar-refractivity contribution in [3.05, 3.63) is 0 Å². The first kappa shape index (κ1) is 15.3. The third kappa shape index (κ3) is 2.32. The molecule has 114 valence electrons. The number of hydrogen-bond donors (Lipinski definition) is 2. The number of nitrogens with one attached hydrogen (secondary N) is 1. The maximum Gasteiger partial charge on any atom is 0.328 e. The number of ether oxygens (including phenoxy) is 1. The van der Waals surface area contributed by atoms with Crippen LogP contribution < -0.4 is 5.32 Å². The average molecular weight is 283 g/mol. The van der Waals surface area contributed by atoms with Crippen molar-refractivity contribution in [3.63, 3.8) is 0 Å². The fourth-order valence-electron chi connectivity index (χ4n) is 4.01. The Balaban J connectivity index is 1.98. The number of carboxylic acid groups (broad SMARTS) is 1. The molecule has 1 amide bonds. The van der Waals surface area contributed by atoms with Crippen LogP contribution in [0.1, 0.15) is 47.0 Å². The normalized spacial score (nSPS) is 35.8. The molecular formula is C15H25NO4. The van der Waals surface area contributed by atoms with Crippen molar-refractivity contribution in [1.82, 2.24) is 5.32 Å². The molecule has 0 aliphatic heterocycles. The first-order valence-corrected chi connectivity index (χ1v) is 7.30. The van der Waals surface area contributed by atoms with E-state index in [4.69, 9.17) is 9.84 Å². The molecule has 0 aromatic rings. The third-order valence-electron chi connectivity index (χ3n) is 5.85. The Labute approximate surface area is 120 Å². The molecule has 5 heteroatoms. The van der Waals surface area contributed by atoms with Gasteiger partial charge in [0.1, 0.15) is 0 Å². The maximum atomic E-state index is 11.1. The number of carbonyl (C=O) groups is 2. The lowest BCUT2D eigenvalue weighted by Crippen LogP contribution is -2.45. The van der Waals surface area contributed by atoms with Gasteiger partial charge in [-0.15, -0.1) is 0 Å². The van der Waals surface area contributed by atoms with Gasteiger partial charge in [0.25, 0.3) is 0 Å². The zero-order chi connectivity index (χ0) is 15.1. The number of amides is 1. The van der Waals surface area contributed by atoms with Gasteiger partial charge in [0.05, 0.1) is 12.7 Å². The lowest BCUT2D eigenvalue weighted by atomic mass is 9.70. The van der Waals surface area contributed by atoms with Gasteiger partial charge in [-0.05, 0) is 36.0 Å². The minimum Gasteiger partial charge on any atom is -0.480 e. The predicted molar refractivity (Wildman–Crippen MR) is 74.2 cm³/mol. The molecule has 0 spiro atoms. The molecule has 2 aliphatic carbocycles. The van der Waals surface area contributed by atoms with Crippen LogP contribution >= 0.6 is 0 Å². The Kier molecular flexibility index (Phi) is 3.84. The van der Waals surface area contributed by atoms with Crippen molar-refractivity contribution in [1.29, 1.82) is 0 Å². The zero-order valence-corrected chi connectivity index (χ0v) is 12.7. The molecule has 4 atom stereocenters. The van der Waals surface area contributed by atoms with E-state index in [2.05, 4.69) is 26.1 Å². The van der Waals surface area contributed by atoms with Gasteiger partial charge in [-0.1, -0.05) is 20.8 Å². The Hall–Kier alpha value is -1.10. The lowest BCUT2D eigenvalue weighted by Gasteiger charge is -2.39. The summed E-state index contributed by atoms with van der Waals surface area (Å²) in [5.41, 5.74) is 0.349. The summed E-state index contributed by atoms with van der Waals surface area (Å²) in [5.74, 6) is -0.741. The van der Waals surface area contributed by atoms with Crippen LogP contribution in [-0.2, 0) is 14.3 Å². The van der Waals surface area contributed by atoms with E-state index in [1.807, 2.05) is 0 Å². The van der Waals surface area contributed by atoms with E-state index in [1.165, 1.54) is 13.3 Å². The minimum absolute atomic E-state index is 0.0397. The highest BCUT2D eigenvalue weighted by Crippen LogP contribution is 2.66. The predicted octanol–water partition coefficient (Wildman–Crippen LogP) is 1.81. The number of aliphatic carboxylic acids is 1. The van der Waals surface area contributed by atoms with Crippen LogP contribution in [0.5, 0.6) is 0 Å². The molecule has 4 unspecified atom stereocenters. The third-order valence-corrected chi connectivity index (χ3v) is 5.85. The molecule has 2 saturated carbocycles. The van der Waals surface area contributed by atoms with Gasteiger partial charge in [-0.2, -0.15) is 0 Å². The van der Waals surface area contributed by atoms with Crippen molar-refractivity contribution in [3.8, 4) is 0 Å². The molecule has 2 rings (SSSR count). The van der Waals surface area contributed by atoms with E-state index >= 15 is 0 Å². The van der Waals surface area contributed by atoms with Crippen LogP contribution in [0.25, 0.3) is 0 Å². The van der Waals surface area contributed by atoms with Gasteiger partial charge < -0.3 is 15.2 Å². The zero-order valence-electron chi connectivity index (χ0n) is 12.7. The fourth-order valence-corrected chi connectivity index (χ4v) is 4.01. The van der Waals surface area contributed by atoms with Crippen molar-refractivity contribution in [2.75, 3.05) is 6.61 Å². The van der Waals surface area contributed by atoms with E-state index in [9.17, 15) is 9.59 Å². The largest absolute Gasteiger partial charge is 0.480 e. The molecule has 0 aromatic heterocycles. The Morgan fingerprint density at radius 1 is 1.40 bits per heavy atom. The van der Waals surface area contributed by atoms with Crippen LogP contribution in [0.15, 0.2) is 0 Å². The molecule has 0 heterocycles. The second-order valence-electron chi connectivity index (χ2n) is 7.02. The number of carboxylic acids is 1.